The fraction of sp³-hybridized carbons (Fsp3) is 0.417. The van der Waals surface area contributed by atoms with Crippen molar-refractivity contribution in [3.05, 3.63) is 63.9 Å². The van der Waals surface area contributed by atoms with Crippen LogP contribution in [0.5, 0.6) is 0 Å². The van der Waals surface area contributed by atoms with Crippen molar-refractivity contribution in [1.29, 1.82) is 0 Å². The van der Waals surface area contributed by atoms with Gasteiger partial charge in [-0.2, -0.15) is 0 Å². The first-order valence-electron chi connectivity index (χ1n) is 11.2. The normalized spacial score (nSPS) is 15.0. The summed E-state index contributed by atoms with van der Waals surface area (Å²) in [4.78, 5) is 27.8. The molecule has 0 spiro atoms. The van der Waals surface area contributed by atoms with Gasteiger partial charge in [0.15, 0.2) is 0 Å². The van der Waals surface area contributed by atoms with Crippen LogP contribution in [0.25, 0.3) is 0 Å². The molecule has 0 aromatic heterocycles. The highest BCUT2D eigenvalue weighted by Gasteiger charge is 2.31. The first kappa shape index (κ1) is 27.2. The summed E-state index contributed by atoms with van der Waals surface area (Å²) >= 11 is 12.2. The van der Waals surface area contributed by atoms with E-state index in [1.54, 1.807) is 31.2 Å². The van der Waals surface area contributed by atoms with E-state index in [0.29, 0.717) is 10.6 Å². The molecule has 1 N–H and O–H groups in total. The van der Waals surface area contributed by atoms with Gasteiger partial charge in [0, 0.05) is 17.6 Å². The summed E-state index contributed by atoms with van der Waals surface area (Å²) in [5.74, 6) is -1.66. The zero-order valence-corrected chi connectivity index (χ0v) is 21.8. The van der Waals surface area contributed by atoms with Crippen molar-refractivity contribution in [2.75, 3.05) is 17.1 Å². The summed E-state index contributed by atoms with van der Waals surface area (Å²) < 4.78 is 39.6. The molecule has 2 aromatic rings. The number of hydrogen-bond donors (Lipinski definition) is 1. The highest BCUT2D eigenvalue weighted by atomic mass is 35.5. The molecule has 0 heterocycles. The minimum absolute atomic E-state index is 0.000460. The number of hydrogen-bond acceptors (Lipinski definition) is 4. The van der Waals surface area contributed by atoms with Crippen LogP contribution in [-0.2, 0) is 26.2 Å². The average Bonchev–Trinajstić information content (AvgIpc) is 3.30. The number of amides is 2. The van der Waals surface area contributed by atoms with Gasteiger partial charge in [0.2, 0.25) is 21.8 Å². The number of rotatable bonds is 9. The van der Waals surface area contributed by atoms with Crippen LogP contribution in [0.1, 0.15) is 38.2 Å². The highest BCUT2D eigenvalue weighted by Crippen LogP contribution is 2.26. The number of carbonyl (C=O) groups excluding carboxylic acids is 2. The maximum atomic E-state index is 13.7. The van der Waals surface area contributed by atoms with E-state index in [1.807, 2.05) is 0 Å². The third kappa shape index (κ3) is 7.08. The molecule has 1 aliphatic carbocycles. The second-order valence-electron chi connectivity index (χ2n) is 8.65. The summed E-state index contributed by atoms with van der Waals surface area (Å²) in [7, 11) is -3.94. The van der Waals surface area contributed by atoms with Crippen molar-refractivity contribution in [2.45, 2.75) is 51.2 Å². The van der Waals surface area contributed by atoms with Gasteiger partial charge in [-0.1, -0.05) is 54.2 Å². The van der Waals surface area contributed by atoms with Gasteiger partial charge in [0.1, 0.15) is 18.4 Å². The number of nitrogens with zero attached hydrogens (tertiary/aromatic N) is 2. The molecule has 1 fully saturated rings. The molecule has 0 aliphatic heterocycles. The van der Waals surface area contributed by atoms with E-state index in [2.05, 4.69) is 5.32 Å². The smallest absolute Gasteiger partial charge is 0.244 e. The molecule has 2 aromatic carbocycles. The Morgan fingerprint density at radius 1 is 1.11 bits per heavy atom. The van der Waals surface area contributed by atoms with Crippen LogP contribution in [0.15, 0.2) is 42.5 Å². The lowest BCUT2D eigenvalue weighted by molar-refractivity contribution is -0.139. The molecule has 1 unspecified atom stereocenters. The lowest BCUT2D eigenvalue weighted by Crippen LogP contribution is -2.52. The van der Waals surface area contributed by atoms with E-state index in [1.165, 1.54) is 11.0 Å². The first-order valence-corrected chi connectivity index (χ1v) is 13.8. The second kappa shape index (κ2) is 11.6. The Morgan fingerprint density at radius 3 is 2.37 bits per heavy atom. The molecule has 11 heteroatoms. The highest BCUT2D eigenvalue weighted by molar-refractivity contribution is 7.92. The van der Waals surface area contributed by atoms with Gasteiger partial charge in [0.05, 0.1) is 17.0 Å². The fourth-order valence-electron chi connectivity index (χ4n) is 4.04. The van der Waals surface area contributed by atoms with E-state index < -0.39 is 34.3 Å². The molecular weight excluding hydrogens is 516 g/mol. The fourth-order valence-corrected chi connectivity index (χ4v) is 5.25. The Kier molecular flexibility index (Phi) is 9.01. The van der Waals surface area contributed by atoms with Crippen LogP contribution in [0.4, 0.5) is 10.1 Å². The molecule has 1 atom stereocenters. The van der Waals surface area contributed by atoms with Crippen molar-refractivity contribution in [3.8, 4) is 0 Å². The minimum atomic E-state index is -3.94. The van der Waals surface area contributed by atoms with Crippen LogP contribution in [0, 0.1) is 5.82 Å². The molecular formula is C24H28Cl2FN3O4S. The Bertz CT molecular complexity index is 1190. The van der Waals surface area contributed by atoms with Crippen molar-refractivity contribution in [2.24, 2.45) is 0 Å². The van der Waals surface area contributed by atoms with E-state index in [0.717, 1.165) is 48.4 Å². The van der Waals surface area contributed by atoms with Crippen molar-refractivity contribution in [3.63, 3.8) is 0 Å². The zero-order chi connectivity index (χ0) is 25.8. The van der Waals surface area contributed by atoms with Gasteiger partial charge in [-0.25, -0.2) is 12.8 Å². The van der Waals surface area contributed by atoms with Gasteiger partial charge >= 0.3 is 0 Å². The van der Waals surface area contributed by atoms with Crippen LogP contribution in [0.2, 0.25) is 10.0 Å². The van der Waals surface area contributed by atoms with Gasteiger partial charge in [0.25, 0.3) is 0 Å². The van der Waals surface area contributed by atoms with Crippen molar-refractivity contribution >= 4 is 50.7 Å². The quantitative estimate of drug-likeness (QED) is 0.508. The van der Waals surface area contributed by atoms with Crippen molar-refractivity contribution < 1.29 is 22.4 Å². The van der Waals surface area contributed by atoms with Crippen LogP contribution < -0.4 is 9.62 Å². The van der Waals surface area contributed by atoms with Gasteiger partial charge in [-0.15, -0.1) is 0 Å². The Balaban J connectivity index is 1.90. The molecule has 1 saturated carbocycles. The van der Waals surface area contributed by atoms with E-state index in [4.69, 9.17) is 23.2 Å². The SMILES string of the molecule is CC(C(=O)NC1CCCC1)N(Cc1ccccc1Cl)C(=O)CN(c1ccc(F)c(Cl)c1)S(C)(=O)=O. The summed E-state index contributed by atoms with van der Waals surface area (Å²) in [6.45, 7) is 0.990. The zero-order valence-electron chi connectivity index (χ0n) is 19.5. The number of anilines is 1. The molecule has 35 heavy (non-hydrogen) atoms. The average molecular weight is 544 g/mol. The lowest BCUT2D eigenvalue weighted by Gasteiger charge is -2.32. The molecule has 3 rings (SSSR count). The molecule has 0 bridgehead atoms. The third-order valence-corrected chi connectivity index (χ3v) is 7.84. The Labute approximate surface area is 215 Å². The first-order chi connectivity index (χ1) is 16.5. The molecule has 190 valence electrons. The number of sulfonamides is 1. The van der Waals surface area contributed by atoms with Crippen LogP contribution >= 0.6 is 23.2 Å². The lowest BCUT2D eigenvalue weighted by atomic mass is 10.1. The van der Waals surface area contributed by atoms with Crippen LogP contribution in [0.3, 0.4) is 0 Å². The summed E-state index contributed by atoms with van der Waals surface area (Å²) in [6, 6.07) is 9.47. The Hall–Kier alpha value is -2.36. The number of nitrogens with one attached hydrogen (secondary N) is 1. The minimum Gasteiger partial charge on any atom is -0.352 e. The molecule has 7 nitrogen and oxygen atoms in total. The summed E-state index contributed by atoms with van der Waals surface area (Å²) in [6.07, 6.45) is 4.76. The number of carbonyl (C=O) groups is 2. The maximum Gasteiger partial charge on any atom is 0.244 e. The van der Waals surface area contributed by atoms with E-state index in [9.17, 15) is 22.4 Å². The van der Waals surface area contributed by atoms with E-state index in [-0.39, 0.29) is 29.2 Å². The van der Waals surface area contributed by atoms with Gasteiger partial charge < -0.3 is 10.2 Å². The summed E-state index contributed by atoms with van der Waals surface area (Å²) in [5.41, 5.74) is 0.645. The monoisotopic (exact) mass is 543 g/mol. The molecule has 2 amide bonds. The van der Waals surface area contributed by atoms with Gasteiger partial charge in [-0.05, 0) is 49.6 Å². The van der Waals surface area contributed by atoms with Crippen LogP contribution in [-0.4, -0.2) is 50.0 Å². The predicted molar refractivity (Wildman–Crippen MR) is 135 cm³/mol. The molecule has 0 saturated heterocycles. The Morgan fingerprint density at radius 2 is 1.77 bits per heavy atom. The summed E-state index contributed by atoms with van der Waals surface area (Å²) in [5, 5.41) is 3.13. The predicted octanol–water partition coefficient (Wildman–Crippen LogP) is 4.37. The number of benzene rings is 2. The molecule has 1 aliphatic rings. The van der Waals surface area contributed by atoms with E-state index >= 15 is 0 Å². The standard InChI is InChI=1S/C24H28Cl2FN3O4S/c1-16(24(32)28-18-8-4-5-9-18)29(14-17-7-3-6-10-20(17)25)23(31)15-30(35(2,33)34)19-11-12-22(27)21(26)13-19/h3,6-7,10-13,16,18H,4-5,8-9,14-15H2,1-2H3,(H,28,32). The number of halogens is 3. The van der Waals surface area contributed by atoms with Gasteiger partial charge in [-0.3, -0.25) is 13.9 Å². The maximum absolute atomic E-state index is 13.7. The second-order valence-corrected chi connectivity index (χ2v) is 11.4. The third-order valence-electron chi connectivity index (χ3n) is 6.04. The van der Waals surface area contributed by atoms with Crippen molar-refractivity contribution in [1.82, 2.24) is 10.2 Å². The molecule has 0 radical (unpaired) electrons. The largest absolute Gasteiger partial charge is 0.352 e. The topological polar surface area (TPSA) is 86.8 Å².